The number of benzene rings is 5. The smallest absolute Gasteiger partial charge is 0.0965 e. The van der Waals surface area contributed by atoms with E-state index in [1.54, 1.807) is 12.4 Å². The molecule has 8 rings (SSSR count). The fourth-order valence-electron chi connectivity index (χ4n) is 5.70. The van der Waals surface area contributed by atoms with Crippen LogP contribution in [0.25, 0.3) is 75.0 Å². The molecule has 4 heteroatoms. The number of rotatable bonds is 4. The Morgan fingerprint density at radius 2 is 1.18 bits per heavy atom. The first-order valence-corrected chi connectivity index (χ1v) is 14.9. The van der Waals surface area contributed by atoms with Crippen LogP contribution in [0, 0.1) is 0 Å². The van der Waals surface area contributed by atoms with Crippen LogP contribution in [0.4, 0.5) is 0 Å². The summed E-state index contributed by atoms with van der Waals surface area (Å²) in [5.41, 5.74) is 10.5. The summed E-state index contributed by atoms with van der Waals surface area (Å²) < 4.78 is 2.66. The molecule has 0 saturated heterocycles. The van der Waals surface area contributed by atoms with E-state index in [9.17, 15) is 0 Å². The monoisotopic (exact) mass is 546 g/mol. The lowest BCUT2D eigenvalue weighted by molar-refractivity contribution is 1.29. The lowest BCUT2D eigenvalue weighted by atomic mass is 9.93. The van der Waals surface area contributed by atoms with Gasteiger partial charge in [0.15, 0.2) is 0 Å². The van der Waals surface area contributed by atoms with Crippen LogP contribution in [0.5, 0.6) is 0 Å². The van der Waals surface area contributed by atoms with Gasteiger partial charge in [0.05, 0.1) is 11.0 Å². The summed E-state index contributed by atoms with van der Waals surface area (Å²) in [6.45, 7) is 0. The maximum Gasteiger partial charge on any atom is 0.0965 e. The zero-order valence-corrected chi connectivity index (χ0v) is 23.0. The van der Waals surface area contributed by atoms with Gasteiger partial charge in [-0.3, -0.25) is 9.97 Å². The van der Waals surface area contributed by atoms with E-state index in [1.165, 1.54) is 52.9 Å². The lowest BCUT2D eigenvalue weighted by Crippen LogP contribution is -1.87. The average Bonchev–Trinajstić information content (AvgIpc) is 3.68. The van der Waals surface area contributed by atoms with Gasteiger partial charge < -0.3 is 0 Å². The average molecular weight is 547 g/mol. The maximum atomic E-state index is 4.65. The summed E-state index contributed by atoms with van der Waals surface area (Å²) in [6.07, 6.45) is 3.52. The van der Waals surface area contributed by atoms with Gasteiger partial charge >= 0.3 is 0 Å². The Morgan fingerprint density at radius 3 is 1.98 bits per heavy atom. The number of hydrogen-bond donors (Lipinski definition) is 0. The third-order valence-corrected chi connectivity index (χ3v) is 9.61. The van der Waals surface area contributed by atoms with Gasteiger partial charge in [0.25, 0.3) is 0 Å². The highest BCUT2D eigenvalue weighted by Crippen LogP contribution is 2.50. The van der Waals surface area contributed by atoms with Crippen molar-refractivity contribution in [3.63, 3.8) is 0 Å². The second-order valence-electron chi connectivity index (χ2n) is 9.81. The predicted molar refractivity (Wildman–Crippen MR) is 172 cm³/mol. The van der Waals surface area contributed by atoms with Gasteiger partial charge in [-0.15, -0.1) is 22.7 Å². The number of thiophene rings is 2. The van der Waals surface area contributed by atoms with Gasteiger partial charge in [0.2, 0.25) is 0 Å². The molecule has 2 nitrogen and oxygen atoms in total. The molecule has 0 aliphatic heterocycles. The zero-order valence-electron chi connectivity index (χ0n) is 21.4. The zero-order chi connectivity index (χ0) is 26.5. The molecule has 0 amide bonds. The van der Waals surface area contributed by atoms with Gasteiger partial charge in [0, 0.05) is 54.1 Å². The molecule has 40 heavy (non-hydrogen) atoms. The fourth-order valence-corrected chi connectivity index (χ4v) is 7.92. The van der Waals surface area contributed by atoms with Crippen molar-refractivity contribution >= 4 is 53.9 Å². The highest BCUT2D eigenvalue weighted by atomic mass is 32.1. The lowest BCUT2D eigenvalue weighted by Gasteiger charge is -2.12. The summed E-state index contributed by atoms with van der Waals surface area (Å²) in [5.74, 6) is 0. The van der Waals surface area contributed by atoms with Gasteiger partial charge in [-0.05, 0) is 51.9 Å². The van der Waals surface area contributed by atoms with E-state index in [0.717, 1.165) is 22.2 Å². The molecule has 5 aromatic carbocycles. The highest BCUT2D eigenvalue weighted by molar-refractivity contribution is 7.23. The first kappa shape index (κ1) is 23.3. The minimum absolute atomic E-state index is 0.910. The molecule has 0 fully saturated rings. The number of aromatic nitrogens is 2. The van der Waals surface area contributed by atoms with Crippen LogP contribution < -0.4 is 0 Å². The molecule has 3 heterocycles. The molecule has 0 atom stereocenters. The minimum Gasteiger partial charge on any atom is -0.253 e. The molecule has 0 saturated carbocycles. The van der Waals surface area contributed by atoms with Crippen LogP contribution >= 0.6 is 22.7 Å². The third kappa shape index (κ3) is 3.76. The third-order valence-electron chi connectivity index (χ3n) is 7.47. The molecule has 0 spiro atoms. The fraction of sp³-hybridized carbons (Fsp3) is 0. The predicted octanol–water partition coefficient (Wildman–Crippen LogP) is 10.7. The van der Waals surface area contributed by atoms with Crippen molar-refractivity contribution in [1.29, 1.82) is 0 Å². The van der Waals surface area contributed by atoms with E-state index >= 15 is 0 Å². The van der Waals surface area contributed by atoms with Crippen molar-refractivity contribution in [3.8, 4) is 43.8 Å². The number of nitrogens with zero attached hydrogens (tertiary/aromatic N) is 2. The van der Waals surface area contributed by atoms with Crippen LogP contribution in [-0.4, -0.2) is 9.97 Å². The van der Waals surface area contributed by atoms with Crippen LogP contribution in [0.3, 0.4) is 0 Å². The largest absolute Gasteiger partial charge is 0.253 e. The van der Waals surface area contributed by atoms with Crippen LogP contribution in [0.1, 0.15) is 0 Å². The van der Waals surface area contributed by atoms with Gasteiger partial charge in [-0.25, -0.2) is 0 Å². The van der Waals surface area contributed by atoms with Gasteiger partial charge in [-0.2, -0.15) is 0 Å². The molecule has 3 aromatic heterocycles. The second kappa shape index (κ2) is 9.53. The first-order valence-electron chi connectivity index (χ1n) is 13.2. The van der Waals surface area contributed by atoms with Crippen LogP contribution in [0.15, 0.2) is 133 Å². The molecule has 0 aliphatic rings. The molecule has 0 unspecified atom stereocenters. The van der Waals surface area contributed by atoms with Crippen molar-refractivity contribution in [2.75, 3.05) is 0 Å². The Morgan fingerprint density at radius 1 is 0.500 bits per heavy atom. The number of para-hydroxylation sites is 1. The van der Waals surface area contributed by atoms with Crippen molar-refractivity contribution in [2.24, 2.45) is 0 Å². The highest BCUT2D eigenvalue weighted by Gasteiger charge is 2.20. The topological polar surface area (TPSA) is 25.8 Å². The normalized spacial score (nSPS) is 11.5. The van der Waals surface area contributed by atoms with E-state index < -0.39 is 0 Å². The Labute approximate surface area is 239 Å². The van der Waals surface area contributed by atoms with Crippen molar-refractivity contribution < 1.29 is 0 Å². The van der Waals surface area contributed by atoms with E-state index in [0.29, 0.717) is 0 Å². The Balaban J connectivity index is 1.40. The van der Waals surface area contributed by atoms with Crippen molar-refractivity contribution in [1.82, 2.24) is 9.97 Å². The summed E-state index contributed by atoms with van der Waals surface area (Å²) in [6, 6.07) is 41.4. The molecule has 188 valence electrons. The Kier molecular flexibility index (Phi) is 5.54. The van der Waals surface area contributed by atoms with Gasteiger partial charge in [0.1, 0.15) is 0 Å². The quantitative estimate of drug-likeness (QED) is 0.219. The molecule has 0 radical (unpaired) electrons. The standard InChI is InChI=1S/C36H22N2S2/c1-3-9-23(10-4-1)32-28-17-20-39-35(28)33(24-11-5-2-6-12-24)29-22-31(40-36(29)32)26-14-7-13-25(21-26)27-15-8-16-30-34(27)38-19-18-37-30/h1-22H. The molecule has 0 bridgehead atoms. The maximum absolute atomic E-state index is 4.65. The number of hydrogen-bond acceptors (Lipinski definition) is 4. The SMILES string of the molecule is c1ccc(-c2c3cc(-c4cccc(-c5cccc6nccnc56)c4)sc3c(-c3ccccc3)c3ccsc23)cc1. The molecule has 0 N–H and O–H groups in total. The van der Waals surface area contributed by atoms with Crippen molar-refractivity contribution in [3.05, 3.63) is 133 Å². The van der Waals surface area contributed by atoms with E-state index in [1.807, 2.05) is 28.7 Å². The molecular formula is C36H22N2S2. The Hall–Kier alpha value is -4.64. The van der Waals surface area contributed by atoms with E-state index in [2.05, 4.69) is 125 Å². The summed E-state index contributed by atoms with van der Waals surface area (Å²) in [5, 5.41) is 4.85. The van der Waals surface area contributed by atoms with Crippen LogP contribution in [-0.2, 0) is 0 Å². The van der Waals surface area contributed by atoms with Crippen molar-refractivity contribution in [2.45, 2.75) is 0 Å². The molecule has 8 aromatic rings. The van der Waals surface area contributed by atoms with E-state index in [-0.39, 0.29) is 0 Å². The molecular weight excluding hydrogens is 525 g/mol. The van der Waals surface area contributed by atoms with E-state index in [4.69, 9.17) is 0 Å². The number of fused-ring (bicyclic) bond motifs is 3. The molecule has 0 aliphatic carbocycles. The summed E-state index contributed by atoms with van der Waals surface area (Å²) in [7, 11) is 0. The van der Waals surface area contributed by atoms with Crippen LogP contribution in [0.2, 0.25) is 0 Å². The summed E-state index contributed by atoms with van der Waals surface area (Å²) in [4.78, 5) is 10.4. The summed E-state index contributed by atoms with van der Waals surface area (Å²) >= 11 is 3.71. The second-order valence-corrected chi connectivity index (χ2v) is 11.8. The first-order chi connectivity index (χ1) is 19.8. The Bertz CT molecular complexity index is 2060. The minimum atomic E-state index is 0.910. The van der Waals surface area contributed by atoms with Gasteiger partial charge in [-0.1, -0.05) is 91.0 Å².